The highest BCUT2D eigenvalue weighted by Gasteiger charge is 1.92. The first-order valence-electron chi connectivity index (χ1n) is 5.72. The van der Waals surface area contributed by atoms with Crippen LogP contribution in [0.15, 0.2) is 0 Å². The molecule has 0 aromatic carbocycles. The molecule has 0 aliphatic carbocycles. The van der Waals surface area contributed by atoms with Gasteiger partial charge in [-0.25, -0.2) is 0 Å². The summed E-state index contributed by atoms with van der Waals surface area (Å²) in [6.07, 6.45) is 8.16. The lowest BCUT2D eigenvalue weighted by Gasteiger charge is -2.02. The van der Waals surface area contributed by atoms with Gasteiger partial charge in [-0.3, -0.25) is 0 Å². The highest BCUT2D eigenvalue weighted by molar-refractivity contribution is 4.45. The van der Waals surface area contributed by atoms with Gasteiger partial charge >= 0.3 is 0 Å². The maximum absolute atomic E-state index is 2.31. The number of rotatable bonds is 5. The Bertz CT molecular complexity index is 55.1. The minimum absolute atomic E-state index is 0.949. The normalized spacial score (nSPS) is 11.8. The lowest BCUT2D eigenvalue weighted by atomic mass is 10.0. The summed E-state index contributed by atoms with van der Waals surface area (Å²) in [6, 6.07) is 0. The first-order valence-corrected chi connectivity index (χ1v) is 5.72. The van der Waals surface area contributed by atoms with Crippen molar-refractivity contribution in [3.63, 3.8) is 0 Å². The van der Waals surface area contributed by atoms with Crippen LogP contribution in [0.2, 0.25) is 0 Å². The van der Waals surface area contributed by atoms with Gasteiger partial charge in [0.25, 0.3) is 0 Å². The van der Waals surface area contributed by atoms with Crippen LogP contribution in [0.3, 0.4) is 0 Å². The van der Waals surface area contributed by atoms with Gasteiger partial charge in [-0.1, -0.05) is 73.1 Å². The van der Waals surface area contributed by atoms with Crippen molar-refractivity contribution < 1.29 is 0 Å². The van der Waals surface area contributed by atoms with Crippen LogP contribution in [0.1, 0.15) is 73.1 Å². The second-order valence-corrected chi connectivity index (χ2v) is 3.66. The van der Waals surface area contributed by atoms with E-state index in [-0.39, 0.29) is 0 Å². The predicted octanol–water partition coefficient (Wildman–Crippen LogP) is 5.03. The van der Waals surface area contributed by atoms with Crippen molar-refractivity contribution in [1.29, 1.82) is 0 Å². The molecule has 0 fully saturated rings. The summed E-state index contributed by atoms with van der Waals surface area (Å²) in [4.78, 5) is 0. The molecule has 0 N–H and O–H groups in total. The molecule has 0 heteroatoms. The minimum Gasteiger partial charge on any atom is -0.0654 e. The molecule has 0 aromatic rings. The fourth-order valence-electron chi connectivity index (χ4n) is 1.05. The van der Waals surface area contributed by atoms with Crippen molar-refractivity contribution >= 4 is 0 Å². The van der Waals surface area contributed by atoms with Crippen LogP contribution in [-0.2, 0) is 0 Å². The Hall–Kier alpha value is 0. The zero-order chi connectivity index (χ0) is 9.82. The minimum atomic E-state index is 0.949. The Morgan fingerprint density at radius 1 is 0.833 bits per heavy atom. The molecule has 0 heterocycles. The Kier molecular flexibility index (Phi) is 16.4. The molecule has 0 saturated carbocycles. The Balaban J connectivity index is 0. The predicted molar refractivity (Wildman–Crippen MR) is 59.6 cm³/mol. The average Bonchev–Trinajstić information content (AvgIpc) is 2.07. The van der Waals surface area contributed by atoms with Crippen molar-refractivity contribution in [2.24, 2.45) is 5.92 Å². The highest BCUT2D eigenvalue weighted by Crippen LogP contribution is 2.07. The van der Waals surface area contributed by atoms with Gasteiger partial charge in [-0.05, 0) is 5.92 Å². The van der Waals surface area contributed by atoms with Crippen LogP contribution in [0, 0.1) is 5.92 Å². The molecule has 12 heavy (non-hydrogen) atoms. The number of unbranched alkanes of at least 4 members (excludes halogenated alkanes) is 2. The van der Waals surface area contributed by atoms with Crippen molar-refractivity contribution in [2.75, 3.05) is 0 Å². The SMILES string of the molecule is CCCC(C)CC.CCCCC. The third kappa shape index (κ3) is 16.5. The fraction of sp³-hybridized carbons (Fsp3) is 1.00. The van der Waals surface area contributed by atoms with E-state index in [0.29, 0.717) is 0 Å². The number of hydrogen-bond donors (Lipinski definition) is 0. The van der Waals surface area contributed by atoms with Crippen LogP contribution >= 0.6 is 0 Å². The summed E-state index contributed by atoms with van der Waals surface area (Å²) >= 11 is 0. The van der Waals surface area contributed by atoms with E-state index in [1.54, 1.807) is 0 Å². The van der Waals surface area contributed by atoms with Crippen molar-refractivity contribution in [2.45, 2.75) is 73.1 Å². The van der Waals surface area contributed by atoms with Crippen LogP contribution in [-0.4, -0.2) is 0 Å². The largest absolute Gasteiger partial charge is 0.0654 e. The van der Waals surface area contributed by atoms with Crippen LogP contribution in [0.4, 0.5) is 0 Å². The van der Waals surface area contributed by atoms with Crippen molar-refractivity contribution in [3.05, 3.63) is 0 Å². The molecule has 0 aliphatic rings. The molecular formula is C12H28. The van der Waals surface area contributed by atoms with Gasteiger partial charge in [0.05, 0.1) is 0 Å². The first kappa shape index (κ1) is 14.5. The van der Waals surface area contributed by atoms with E-state index in [0.717, 1.165) is 5.92 Å². The highest BCUT2D eigenvalue weighted by atomic mass is 14.0. The maximum Gasteiger partial charge on any atom is -0.0446 e. The zero-order valence-corrected chi connectivity index (χ0v) is 9.82. The Labute approximate surface area is 79.8 Å². The van der Waals surface area contributed by atoms with Gasteiger partial charge < -0.3 is 0 Å². The van der Waals surface area contributed by atoms with Crippen molar-refractivity contribution in [3.8, 4) is 0 Å². The topological polar surface area (TPSA) is 0 Å². The van der Waals surface area contributed by atoms with Gasteiger partial charge in [-0.15, -0.1) is 0 Å². The van der Waals surface area contributed by atoms with E-state index >= 15 is 0 Å². The maximum atomic E-state index is 2.31. The molecule has 0 spiro atoms. The van der Waals surface area contributed by atoms with E-state index in [1.807, 2.05) is 0 Å². The van der Waals surface area contributed by atoms with Gasteiger partial charge in [0.2, 0.25) is 0 Å². The first-order chi connectivity index (χ1) is 5.72. The van der Waals surface area contributed by atoms with Crippen molar-refractivity contribution in [1.82, 2.24) is 0 Å². The molecule has 1 unspecified atom stereocenters. The summed E-state index contributed by atoms with van der Waals surface area (Å²) in [5.41, 5.74) is 0. The quantitative estimate of drug-likeness (QED) is 0.545. The van der Waals surface area contributed by atoms with Crippen LogP contribution in [0.25, 0.3) is 0 Å². The van der Waals surface area contributed by atoms with E-state index in [2.05, 4.69) is 34.6 Å². The van der Waals surface area contributed by atoms with Crippen LogP contribution < -0.4 is 0 Å². The smallest absolute Gasteiger partial charge is 0.0446 e. The average molecular weight is 172 g/mol. The van der Waals surface area contributed by atoms with Crippen LogP contribution in [0.5, 0.6) is 0 Å². The Morgan fingerprint density at radius 3 is 1.42 bits per heavy atom. The molecule has 0 bridgehead atoms. The molecule has 0 nitrogen and oxygen atoms in total. The summed E-state index contributed by atoms with van der Waals surface area (Å²) in [6.45, 7) is 11.2. The molecule has 0 radical (unpaired) electrons. The molecule has 0 rings (SSSR count). The summed E-state index contributed by atoms with van der Waals surface area (Å²) in [5, 5.41) is 0. The fourth-order valence-corrected chi connectivity index (χ4v) is 1.05. The molecule has 0 saturated heterocycles. The second-order valence-electron chi connectivity index (χ2n) is 3.66. The molecular weight excluding hydrogens is 144 g/mol. The van der Waals surface area contributed by atoms with Gasteiger partial charge in [0.1, 0.15) is 0 Å². The lowest BCUT2D eigenvalue weighted by molar-refractivity contribution is 0.509. The lowest BCUT2D eigenvalue weighted by Crippen LogP contribution is -1.88. The van der Waals surface area contributed by atoms with Gasteiger partial charge in [-0.2, -0.15) is 0 Å². The van der Waals surface area contributed by atoms with E-state index in [1.165, 1.54) is 38.5 Å². The van der Waals surface area contributed by atoms with E-state index in [4.69, 9.17) is 0 Å². The molecule has 1 atom stereocenters. The summed E-state index contributed by atoms with van der Waals surface area (Å²) in [5.74, 6) is 0.949. The zero-order valence-electron chi connectivity index (χ0n) is 9.82. The molecule has 76 valence electrons. The molecule has 0 aliphatic heterocycles. The molecule has 0 amide bonds. The standard InChI is InChI=1S/C7H16.C5H12/c1-4-6-7(3)5-2;1-3-5-4-2/h7H,4-6H2,1-3H3;3-5H2,1-2H3. The van der Waals surface area contributed by atoms with E-state index < -0.39 is 0 Å². The third-order valence-corrected chi connectivity index (χ3v) is 2.19. The second kappa shape index (κ2) is 13.6. The third-order valence-electron chi connectivity index (χ3n) is 2.19. The summed E-state index contributed by atoms with van der Waals surface area (Å²) < 4.78 is 0. The van der Waals surface area contributed by atoms with Gasteiger partial charge in [0.15, 0.2) is 0 Å². The Morgan fingerprint density at radius 2 is 1.33 bits per heavy atom. The monoisotopic (exact) mass is 172 g/mol. The molecule has 0 aromatic heterocycles. The van der Waals surface area contributed by atoms with E-state index in [9.17, 15) is 0 Å². The van der Waals surface area contributed by atoms with Gasteiger partial charge in [0, 0.05) is 0 Å². The summed E-state index contributed by atoms with van der Waals surface area (Å²) in [7, 11) is 0. The number of hydrogen-bond acceptors (Lipinski definition) is 0.